The largest absolute Gasteiger partial charge is 0.441 e. The lowest BCUT2D eigenvalue weighted by Gasteiger charge is -2.06. The average Bonchev–Trinajstić information content (AvgIpc) is 3.05. The van der Waals surface area contributed by atoms with Crippen molar-refractivity contribution in [3.63, 3.8) is 0 Å². The third-order valence-electron chi connectivity index (χ3n) is 3.54. The number of carbonyl (C=O) groups excluding carboxylic acids is 1. The van der Waals surface area contributed by atoms with Gasteiger partial charge >= 0.3 is 0 Å². The molecular formula is C18H12Cl2F2N2O2. The summed E-state index contributed by atoms with van der Waals surface area (Å²) in [5, 5.41) is 3.11. The van der Waals surface area contributed by atoms with Crippen LogP contribution in [0, 0.1) is 11.6 Å². The van der Waals surface area contributed by atoms with Crippen molar-refractivity contribution in [2.75, 3.05) is 5.32 Å². The van der Waals surface area contributed by atoms with Crippen LogP contribution in [-0.4, -0.2) is 10.9 Å². The Kier molecular flexibility index (Phi) is 5.54. The van der Waals surface area contributed by atoms with Crippen molar-refractivity contribution in [1.82, 2.24) is 4.98 Å². The average molecular weight is 397 g/mol. The van der Waals surface area contributed by atoms with Gasteiger partial charge in [0.25, 0.3) is 0 Å². The van der Waals surface area contributed by atoms with Crippen LogP contribution in [0.4, 0.5) is 14.5 Å². The molecule has 0 atom stereocenters. The van der Waals surface area contributed by atoms with Crippen LogP contribution >= 0.6 is 23.2 Å². The molecule has 0 unspecified atom stereocenters. The first-order valence-corrected chi connectivity index (χ1v) is 8.33. The number of oxazole rings is 1. The molecule has 0 fully saturated rings. The van der Waals surface area contributed by atoms with Crippen LogP contribution in [0.25, 0.3) is 11.3 Å². The number of aryl methyl sites for hydroxylation is 1. The van der Waals surface area contributed by atoms with Gasteiger partial charge in [0.05, 0.1) is 11.2 Å². The fraction of sp³-hybridized carbons (Fsp3) is 0.111. The minimum atomic E-state index is -0.839. The van der Waals surface area contributed by atoms with E-state index in [2.05, 4.69) is 10.3 Å². The molecule has 8 heteroatoms. The van der Waals surface area contributed by atoms with Gasteiger partial charge in [0.1, 0.15) is 17.3 Å². The summed E-state index contributed by atoms with van der Waals surface area (Å²) in [7, 11) is 0. The smallest absolute Gasteiger partial charge is 0.225 e. The molecule has 0 saturated carbocycles. The standard InChI is InChI=1S/C18H12Cl2F2N2O2/c19-10-4-5-11(12(20)8-10)15-9-23-17(26-15)7-6-16(25)24-18-13(21)2-1-3-14(18)22/h1-5,8-9H,6-7H2,(H,24,25). The molecule has 134 valence electrons. The van der Waals surface area contributed by atoms with Gasteiger partial charge in [-0.05, 0) is 30.3 Å². The maximum atomic E-state index is 13.5. The number of rotatable bonds is 5. The van der Waals surface area contributed by atoms with Gasteiger partial charge in [-0.2, -0.15) is 0 Å². The van der Waals surface area contributed by atoms with Crippen molar-refractivity contribution in [2.24, 2.45) is 0 Å². The Labute approximate surface area is 157 Å². The van der Waals surface area contributed by atoms with Gasteiger partial charge in [-0.25, -0.2) is 13.8 Å². The predicted octanol–water partition coefficient (Wildman–Crippen LogP) is 5.50. The van der Waals surface area contributed by atoms with Crippen LogP contribution < -0.4 is 5.32 Å². The first kappa shape index (κ1) is 18.4. The molecule has 26 heavy (non-hydrogen) atoms. The Hall–Kier alpha value is -2.44. The van der Waals surface area contributed by atoms with Crippen molar-refractivity contribution in [3.05, 3.63) is 70.2 Å². The van der Waals surface area contributed by atoms with Crippen molar-refractivity contribution in [3.8, 4) is 11.3 Å². The highest BCUT2D eigenvalue weighted by molar-refractivity contribution is 6.36. The zero-order valence-corrected chi connectivity index (χ0v) is 14.7. The van der Waals surface area contributed by atoms with E-state index in [1.165, 1.54) is 12.3 Å². The molecule has 0 aliphatic carbocycles. The van der Waals surface area contributed by atoms with Gasteiger partial charge in [-0.1, -0.05) is 29.3 Å². The fourth-order valence-corrected chi connectivity index (χ4v) is 2.78. The van der Waals surface area contributed by atoms with Gasteiger partial charge in [0, 0.05) is 23.4 Å². The van der Waals surface area contributed by atoms with E-state index < -0.39 is 23.2 Å². The van der Waals surface area contributed by atoms with Crippen molar-refractivity contribution in [2.45, 2.75) is 12.8 Å². The molecule has 0 bridgehead atoms. The van der Waals surface area contributed by atoms with E-state index in [-0.39, 0.29) is 12.8 Å². The molecule has 2 aromatic carbocycles. The highest BCUT2D eigenvalue weighted by Crippen LogP contribution is 2.30. The SMILES string of the molecule is O=C(CCc1ncc(-c2ccc(Cl)cc2Cl)o1)Nc1c(F)cccc1F. The lowest BCUT2D eigenvalue weighted by Crippen LogP contribution is -2.14. The summed E-state index contributed by atoms with van der Waals surface area (Å²) in [4.78, 5) is 16.0. The van der Waals surface area contributed by atoms with Crippen molar-refractivity contribution in [1.29, 1.82) is 0 Å². The molecule has 1 aromatic heterocycles. The lowest BCUT2D eigenvalue weighted by atomic mass is 10.2. The maximum Gasteiger partial charge on any atom is 0.225 e. The second-order valence-electron chi connectivity index (χ2n) is 5.39. The summed E-state index contributed by atoms with van der Waals surface area (Å²) in [6, 6.07) is 8.29. The Balaban J connectivity index is 1.64. The van der Waals surface area contributed by atoms with Crippen molar-refractivity contribution >= 4 is 34.8 Å². The van der Waals surface area contributed by atoms with E-state index in [0.717, 1.165) is 12.1 Å². The maximum absolute atomic E-state index is 13.5. The Morgan fingerprint density at radius 3 is 2.58 bits per heavy atom. The number of para-hydroxylation sites is 1. The molecule has 0 aliphatic rings. The molecule has 3 rings (SSSR count). The van der Waals surface area contributed by atoms with Crippen LogP contribution in [-0.2, 0) is 11.2 Å². The molecule has 3 aromatic rings. The normalized spacial score (nSPS) is 10.8. The van der Waals surface area contributed by atoms with Gasteiger partial charge < -0.3 is 9.73 Å². The van der Waals surface area contributed by atoms with Gasteiger partial charge in [0.15, 0.2) is 11.7 Å². The summed E-state index contributed by atoms with van der Waals surface area (Å²) >= 11 is 12.0. The second-order valence-corrected chi connectivity index (χ2v) is 6.23. The summed E-state index contributed by atoms with van der Waals surface area (Å²) in [6.07, 6.45) is 1.59. The zero-order valence-electron chi connectivity index (χ0n) is 13.2. The number of hydrogen-bond acceptors (Lipinski definition) is 3. The first-order valence-electron chi connectivity index (χ1n) is 7.58. The number of carbonyl (C=O) groups is 1. The van der Waals surface area contributed by atoms with E-state index in [4.69, 9.17) is 27.6 Å². The topological polar surface area (TPSA) is 55.1 Å². The summed E-state index contributed by atoms with van der Waals surface area (Å²) in [5.41, 5.74) is 0.145. The highest BCUT2D eigenvalue weighted by atomic mass is 35.5. The number of amides is 1. The third-order valence-corrected chi connectivity index (χ3v) is 4.09. The molecule has 1 heterocycles. The molecule has 4 nitrogen and oxygen atoms in total. The molecule has 0 aliphatic heterocycles. The van der Waals surface area contributed by atoms with Gasteiger partial charge in [0.2, 0.25) is 5.91 Å². The molecule has 1 N–H and O–H groups in total. The number of anilines is 1. The van der Waals surface area contributed by atoms with Gasteiger partial charge in [-0.3, -0.25) is 4.79 Å². The number of nitrogens with one attached hydrogen (secondary N) is 1. The number of hydrogen-bond donors (Lipinski definition) is 1. The molecule has 0 radical (unpaired) electrons. The highest BCUT2D eigenvalue weighted by Gasteiger charge is 2.14. The number of halogens is 4. The minimum absolute atomic E-state index is 0.0535. The monoisotopic (exact) mass is 396 g/mol. The molecule has 1 amide bonds. The Morgan fingerprint density at radius 2 is 1.88 bits per heavy atom. The third kappa shape index (κ3) is 4.20. The zero-order chi connectivity index (χ0) is 18.7. The molecule has 0 saturated heterocycles. The quantitative estimate of drug-likeness (QED) is 0.619. The van der Waals surface area contributed by atoms with E-state index in [0.29, 0.717) is 27.3 Å². The number of aromatic nitrogens is 1. The summed E-state index contributed by atoms with van der Waals surface area (Å²) in [5.74, 6) is -1.50. The second kappa shape index (κ2) is 7.85. The van der Waals surface area contributed by atoms with Crippen LogP contribution in [0.3, 0.4) is 0 Å². The molecular weight excluding hydrogens is 385 g/mol. The first-order chi connectivity index (χ1) is 12.4. The predicted molar refractivity (Wildman–Crippen MR) is 95.3 cm³/mol. The van der Waals surface area contributed by atoms with Crippen LogP contribution in [0.2, 0.25) is 10.0 Å². The summed E-state index contributed by atoms with van der Waals surface area (Å²) in [6.45, 7) is 0. The summed E-state index contributed by atoms with van der Waals surface area (Å²) < 4.78 is 32.6. The van der Waals surface area contributed by atoms with Crippen LogP contribution in [0.1, 0.15) is 12.3 Å². The number of nitrogens with zero attached hydrogens (tertiary/aromatic N) is 1. The lowest BCUT2D eigenvalue weighted by molar-refractivity contribution is -0.116. The van der Waals surface area contributed by atoms with E-state index >= 15 is 0 Å². The number of benzene rings is 2. The van der Waals surface area contributed by atoms with Crippen molar-refractivity contribution < 1.29 is 18.0 Å². The Morgan fingerprint density at radius 1 is 1.15 bits per heavy atom. The minimum Gasteiger partial charge on any atom is -0.441 e. The molecule has 0 spiro atoms. The Bertz CT molecular complexity index is 940. The fourth-order valence-electron chi connectivity index (χ4n) is 2.28. The van der Waals surface area contributed by atoms with E-state index in [1.54, 1.807) is 18.2 Å². The van der Waals surface area contributed by atoms with Crippen LogP contribution in [0.5, 0.6) is 0 Å². The van der Waals surface area contributed by atoms with E-state index in [9.17, 15) is 13.6 Å². The van der Waals surface area contributed by atoms with E-state index in [1.807, 2.05) is 0 Å². The van der Waals surface area contributed by atoms with Crippen LogP contribution in [0.15, 0.2) is 47.0 Å². The van der Waals surface area contributed by atoms with Gasteiger partial charge in [-0.15, -0.1) is 0 Å².